The van der Waals surface area contributed by atoms with Gasteiger partial charge in [0.05, 0.1) is 0 Å². The van der Waals surface area contributed by atoms with Crippen molar-refractivity contribution in [2.45, 2.75) is 51.6 Å². The number of terminal acetylenes is 2. The van der Waals surface area contributed by atoms with Crippen molar-refractivity contribution in [1.82, 2.24) is 10.6 Å². The summed E-state index contributed by atoms with van der Waals surface area (Å²) >= 11 is 0. The van der Waals surface area contributed by atoms with E-state index < -0.39 is 17.7 Å². The fraction of sp³-hybridized carbons (Fsp3) is 0.647. The number of hydrogen-bond acceptors (Lipinski definition) is 4. The first-order valence-corrected chi connectivity index (χ1v) is 7.45. The van der Waals surface area contributed by atoms with E-state index in [1.165, 1.54) is 0 Å². The van der Waals surface area contributed by atoms with Crippen molar-refractivity contribution in [2.24, 2.45) is 5.41 Å². The molecule has 2 N–H and O–H groups in total. The highest BCUT2D eigenvalue weighted by atomic mass is 16.6. The minimum Gasteiger partial charge on any atom is -0.436 e. The van der Waals surface area contributed by atoms with Crippen LogP contribution in [0.25, 0.3) is 0 Å². The molecule has 0 heterocycles. The molecule has 23 heavy (non-hydrogen) atoms. The summed E-state index contributed by atoms with van der Waals surface area (Å²) in [4.78, 5) is 23.5. The average molecular weight is 320 g/mol. The molecule has 0 aromatic rings. The smallest absolute Gasteiger partial charge is 0.408 e. The lowest BCUT2D eigenvalue weighted by atomic mass is 9.67. The predicted octanol–water partition coefficient (Wildman–Crippen LogP) is 2.04. The number of carbonyl (C=O) groups is 2. The standard InChI is InChI=1S/C17H24N2O4/c1-6-8-22-14(20)18-13-10-16(3,4)12-17(5,11-13)19-15(21)23-9-7-2/h1-2,13H,8-12H2,3-5H3,(H,18,20)(H,19,21). The molecule has 0 radical (unpaired) electrons. The van der Waals surface area contributed by atoms with Crippen LogP contribution < -0.4 is 10.6 Å². The number of nitrogens with one attached hydrogen (secondary N) is 2. The van der Waals surface area contributed by atoms with Crippen LogP contribution in [0.5, 0.6) is 0 Å². The molecule has 1 aliphatic rings. The number of ether oxygens (including phenoxy) is 2. The molecule has 2 unspecified atom stereocenters. The number of rotatable bonds is 4. The molecule has 1 fully saturated rings. The van der Waals surface area contributed by atoms with Gasteiger partial charge in [0.15, 0.2) is 13.2 Å². The van der Waals surface area contributed by atoms with Gasteiger partial charge in [0.1, 0.15) is 0 Å². The number of hydrogen-bond donors (Lipinski definition) is 2. The van der Waals surface area contributed by atoms with Crippen molar-refractivity contribution in [3.8, 4) is 24.7 Å². The van der Waals surface area contributed by atoms with Gasteiger partial charge in [-0.25, -0.2) is 9.59 Å². The van der Waals surface area contributed by atoms with E-state index in [9.17, 15) is 9.59 Å². The van der Waals surface area contributed by atoms with Gasteiger partial charge in [-0.05, 0) is 31.6 Å². The second kappa shape index (κ2) is 7.78. The topological polar surface area (TPSA) is 76.7 Å². The number of carbonyl (C=O) groups excluding carboxylic acids is 2. The van der Waals surface area contributed by atoms with Crippen molar-refractivity contribution >= 4 is 12.2 Å². The summed E-state index contributed by atoms with van der Waals surface area (Å²) in [5.74, 6) is 4.49. The van der Waals surface area contributed by atoms with Crippen LogP contribution in [0.1, 0.15) is 40.0 Å². The minimum absolute atomic E-state index is 0.0730. The van der Waals surface area contributed by atoms with Crippen LogP contribution in [0.4, 0.5) is 9.59 Å². The van der Waals surface area contributed by atoms with Crippen LogP contribution >= 0.6 is 0 Å². The third-order valence-corrected chi connectivity index (χ3v) is 3.66. The molecule has 6 nitrogen and oxygen atoms in total. The van der Waals surface area contributed by atoms with E-state index in [2.05, 4.69) is 36.3 Å². The fourth-order valence-electron chi connectivity index (χ4n) is 3.39. The fourth-order valence-corrected chi connectivity index (χ4v) is 3.39. The molecule has 1 rings (SSSR count). The van der Waals surface area contributed by atoms with Gasteiger partial charge in [0.25, 0.3) is 0 Å². The Labute approximate surface area is 137 Å². The van der Waals surface area contributed by atoms with E-state index in [0.29, 0.717) is 6.42 Å². The summed E-state index contributed by atoms with van der Waals surface area (Å²) in [7, 11) is 0. The van der Waals surface area contributed by atoms with Crippen LogP contribution in [-0.4, -0.2) is 37.0 Å². The van der Waals surface area contributed by atoms with Crippen molar-refractivity contribution < 1.29 is 19.1 Å². The second-order valence-electron chi connectivity index (χ2n) is 6.84. The lowest BCUT2D eigenvalue weighted by molar-refractivity contribution is 0.0847. The van der Waals surface area contributed by atoms with Gasteiger partial charge < -0.3 is 20.1 Å². The predicted molar refractivity (Wildman–Crippen MR) is 86.5 cm³/mol. The Kier molecular flexibility index (Phi) is 6.33. The minimum atomic E-state index is -0.559. The van der Waals surface area contributed by atoms with Crippen LogP contribution in [0.2, 0.25) is 0 Å². The van der Waals surface area contributed by atoms with E-state index in [1.54, 1.807) is 0 Å². The van der Waals surface area contributed by atoms with Crippen molar-refractivity contribution in [3.63, 3.8) is 0 Å². The van der Waals surface area contributed by atoms with Crippen molar-refractivity contribution in [2.75, 3.05) is 13.2 Å². The molecule has 2 amide bonds. The zero-order valence-corrected chi connectivity index (χ0v) is 13.9. The first-order valence-electron chi connectivity index (χ1n) is 7.45. The van der Waals surface area contributed by atoms with E-state index in [1.807, 2.05) is 6.92 Å². The normalized spacial score (nSPS) is 25.3. The monoisotopic (exact) mass is 320 g/mol. The molecular formula is C17H24N2O4. The van der Waals surface area contributed by atoms with E-state index >= 15 is 0 Å². The number of alkyl carbamates (subject to hydrolysis) is 2. The Morgan fingerprint density at radius 3 is 2.22 bits per heavy atom. The second-order valence-corrected chi connectivity index (χ2v) is 6.84. The maximum atomic E-state index is 11.8. The first-order chi connectivity index (χ1) is 10.7. The summed E-state index contributed by atoms with van der Waals surface area (Å²) in [6, 6.07) is -0.137. The molecule has 2 atom stereocenters. The Morgan fingerprint density at radius 1 is 1.09 bits per heavy atom. The Hall–Kier alpha value is -2.34. The Morgan fingerprint density at radius 2 is 1.65 bits per heavy atom. The Balaban J connectivity index is 2.70. The largest absolute Gasteiger partial charge is 0.436 e. The highest BCUT2D eigenvalue weighted by Gasteiger charge is 2.43. The molecule has 6 heteroatoms. The van der Waals surface area contributed by atoms with Crippen molar-refractivity contribution in [3.05, 3.63) is 0 Å². The van der Waals surface area contributed by atoms with Gasteiger partial charge in [0.2, 0.25) is 0 Å². The average Bonchev–Trinajstić information content (AvgIpc) is 2.40. The summed E-state index contributed by atoms with van der Waals surface area (Å²) in [5, 5.41) is 5.65. The van der Waals surface area contributed by atoms with E-state index in [4.69, 9.17) is 22.3 Å². The third kappa shape index (κ3) is 6.52. The number of amides is 2. The summed E-state index contributed by atoms with van der Waals surface area (Å²) in [6.07, 6.45) is 11.1. The molecule has 0 bridgehead atoms. The maximum absolute atomic E-state index is 11.8. The molecule has 1 aliphatic carbocycles. The highest BCUT2D eigenvalue weighted by molar-refractivity contribution is 5.69. The van der Waals surface area contributed by atoms with Gasteiger partial charge in [0, 0.05) is 11.6 Å². The van der Waals surface area contributed by atoms with Gasteiger partial charge in [-0.1, -0.05) is 25.7 Å². The molecule has 1 saturated carbocycles. The van der Waals surface area contributed by atoms with Gasteiger partial charge in [-0.2, -0.15) is 0 Å². The lowest BCUT2D eigenvalue weighted by Gasteiger charge is -2.46. The summed E-state index contributed by atoms with van der Waals surface area (Å²) in [6.45, 7) is 5.94. The molecule has 0 aliphatic heterocycles. The molecule has 0 aromatic heterocycles. The zero-order chi connectivity index (χ0) is 17.5. The molecule has 0 aromatic carbocycles. The highest BCUT2D eigenvalue weighted by Crippen LogP contribution is 2.41. The molecule has 126 valence electrons. The molecular weight excluding hydrogens is 296 g/mol. The van der Waals surface area contributed by atoms with Crippen LogP contribution in [-0.2, 0) is 9.47 Å². The zero-order valence-electron chi connectivity index (χ0n) is 13.9. The molecule has 0 spiro atoms. The quantitative estimate of drug-likeness (QED) is 0.777. The SMILES string of the molecule is C#CCOC(=O)NC1CC(C)(C)CC(C)(NC(=O)OCC#C)C1. The van der Waals surface area contributed by atoms with Gasteiger partial charge >= 0.3 is 12.2 Å². The summed E-state index contributed by atoms with van der Waals surface area (Å²) < 4.78 is 9.72. The Bertz CT molecular complexity index is 530. The first kappa shape index (κ1) is 18.7. The molecule has 0 saturated heterocycles. The van der Waals surface area contributed by atoms with Crippen molar-refractivity contribution in [1.29, 1.82) is 0 Å². The van der Waals surface area contributed by atoms with Crippen LogP contribution in [0.15, 0.2) is 0 Å². The van der Waals surface area contributed by atoms with Gasteiger partial charge in [-0.15, -0.1) is 12.8 Å². The van der Waals surface area contributed by atoms with E-state index in [0.717, 1.165) is 12.8 Å². The lowest BCUT2D eigenvalue weighted by Crippen LogP contribution is -2.57. The third-order valence-electron chi connectivity index (χ3n) is 3.66. The van der Waals surface area contributed by atoms with Crippen LogP contribution in [0, 0.1) is 30.1 Å². The van der Waals surface area contributed by atoms with Gasteiger partial charge in [-0.3, -0.25) is 0 Å². The summed E-state index contributed by atoms with van der Waals surface area (Å²) in [5.41, 5.74) is -0.589. The maximum Gasteiger partial charge on any atom is 0.408 e. The van der Waals surface area contributed by atoms with Crippen LogP contribution in [0.3, 0.4) is 0 Å². The van der Waals surface area contributed by atoms with E-state index in [-0.39, 0.29) is 24.7 Å².